The quantitative estimate of drug-likeness (QED) is 0.797. The summed E-state index contributed by atoms with van der Waals surface area (Å²) in [6, 6.07) is 6.52. The summed E-state index contributed by atoms with van der Waals surface area (Å²) in [6.07, 6.45) is 3.47. The molecule has 0 spiro atoms. The van der Waals surface area contributed by atoms with Crippen molar-refractivity contribution in [1.82, 2.24) is 14.5 Å². The number of aromatic nitrogens is 3. The summed E-state index contributed by atoms with van der Waals surface area (Å²) in [7, 11) is 1.93. The Balaban J connectivity index is 1.88. The fourth-order valence-electron chi connectivity index (χ4n) is 2.05. The molecule has 1 N–H and O–H groups in total. The largest absolute Gasteiger partial charge is 0.364 e. The molecule has 0 radical (unpaired) electrons. The number of pyridine rings is 1. The van der Waals surface area contributed by atoms with Gasteiger partial charge in [0.2, 0.25) is 0 Å². The number of rotatable bonds is 3. The van der Waals surface area contributed by atoms with Gasteiger partial charge >= 0.3 is 0 Å². The van der Waals surface area contributed by atoms with Crippen LogP contribution in [0.1, 0.15) is 5.56 Å². The predicted molar refractivity (Wildman–Crippen MR) is 79.9 cm³/mol. The highest BCUT2D eigenvalue weighted by molar-refractivity contribution is 9.10. The molecule has 3 aromatic rings. The summed E-state index contributed by atoms with van der Waals surface area (Å²) in [5.74, 6) is 0.438. The van der Waals surface area contributed by atoms with Gasteiger partial charge in [-0.25, -0.2) is 14.4 Å². The fraction of sp³-hybridized carbons (Fsp3) is 0.143. The summed E-state index contributed by atoms with van der Waals surface area (Å²) in [4.78, 5) is 8.61. The lowest BCUT2D eigenvalue weighted by Gasteiger charge is -2.08. The average molecular weight is 335 g/mol. The fourth-order valence-corrected chi connectivity index (χ4v) is 2.44. The third-order valence-corrected chi connectivity index (χ3v) is 3.87. The molecule has 0 aliphatic rings. The van der Waals surface area contributed by atoms with Crippen molar-refractivity contribution in [2.24, 2.45) is 7.05 Å². The van der Waals surface area contributed by atoms with Gasteiger partial charge in [0.1, 0.15) is 11.3 Å². The van der Waals surface area contributed by atoms with Gasteiger partial charge in [0.15, 0.2) is 5.82 Å². The minimum absolute atomic E-state index is 0.256. The highest BCUT2D eigenvalue weighted by atomic mass is 79.9. The average Bonchev–Trinajstić information content (AvgIpc) is 2.82. The van der Waals surface area contributed by atoms with E-state index < -0.39 is 0 Å². The number of nitrogens with one attached hydrogen (secondary N) is 1. The zero-order valence-corrected chi connectivity index (χ0v) is 12.4. The summed E-state index contributed by atoms with van der Waals surface area (Å²) in [6.45, 7) is 0.473. The third kappa shape index (κ3) is 2.38. The number of fused-ring (bicyclic) bond motifs is 1. The van der Waals surface area contributed by atoms with Gasteiger partial charge in [-0.1, -0.05) is 15.9 Å². The molecule has 1 aromatic carbocycles. The first-order valence-electron chi connectivity index (χ1n) is 6.09. The van der Waals surface area contributed by atoms with Crippen molar-refractivity contribution >= 4 is 32.8 Å². The molecule has 0 saturated heterocycles. The number of nitrogens with zero attached hydrogens (tertiary/aromatic N) is 3. The van der Waals surface area contributed by atoms with E-state index >= 15 is 0 Å². The molecule has 6 heteroatoms. The van der Waals surface area contributed by atoms with Gasteiger partial charge in [0, 0.05) is 24.3 Å². The zero-order valence-electron chi connectivity index (χ0n) is 10.8. The van der Waals surface area contributed by atoms with E-state index in [1.54, 1.807) is 18.6 Å². The van der Waals surface area contributed by atoms with Crippen molar-refractivity contribution in [3.63, 3.8) is 0 Å². The van der Waals surface area contributed by atoms with E-state index in [4.69, 9.17) is 0 Å². The molecule has 4 nitrogen and oxygen atoms in total. The number of aryl methyl sites for hydroxylation is 1. The normalized spacial score (nSPS) is 10.9. The van der Waals surface area contributed by atoms with Crippen LogP contribution in [0.2, 0.25) is 0 Å². The molecule has 0 fully saturated rings. The van der Waals surface area contributed by atoms with E-state index in [2.05, 4.69) is 31.2 Å². The number of anilines is 1. The second kappa shape index (κ2) is 5.20. The third-order valence-electron chi connectivity index (χ3n) is 3.10. The lowest BCUT2D eigenvalue weighted by Crippen LogP contribution is -2.03. The lowest BCUT2D eigenvalue weighted by atomic mass is 10.2. The standard InChI is InChI=1S/C14H12BrFN4/c1-20-8-19-13-12(20)4-5-17-14(13)18-7-9-6-10(16)2-3-11(9)15/h2-6,8H,7H2,1H3,(H,17,18). The van der Waals surface area contributed by atoms with Gasteiger partial charge in [0.05, 0.1) is 11.8 Å². The molecular weight excluding hydrogens is 323 g/mol. The van der Waals surface area contributed by atoms with Crippen LogP contribution in [0.25, 0.3) is 11.0 Å². The summed E-state index contributed by atoms with van der Waals surface area (Å²) < 4.78 is 16.0. The summed E-state index contributed by atoms with van der Waals surface area (Å²) >= 11 is 3.41. The molecular formula is C14H12BrFN4. The van der Waals surface area contributed by atoms with Crippen molar-refractivity contribution in [2.75, 3.05) is 5.32 Å². The Bertz CT molecular complexity index is 769. The summed E-state index contributed by atoms with van der Waals surface area (Å²) in [5.41, 5.74) is 2.64. The van der Waals surface area contributed by atoms with Gasteiger partial charge in [-0.3, -0.25) is 0 Å². The molecule has 20 heavy (non-hydrogen) atoms. The summed E-state index contributed by atoms with van der Waals surface area (Å²) in [5, 5.41) is 3.20. The molecule has 2 heterocycles. The van der Waals surface area contributed by atoms with Crippen LogP contribution in [-0.2, 0) is 13.6 Å². The Kier molecular flexibility index (Phi) is 3.40. The molecule has 102 valence electrons. The Hall–Kier alpha value is -1.95. The number of benzene rings is 1. The smallest absolute Gasteiger partial charge is 0.154 e. The van der Waals surface area contributed by atoms with Crippen LogP contribution in [-0.4, -0.2) is 14.5 Å². The zero-order chi connectivity index (χ0) is 14.1. The first kappa shape index (κ1) is 13.1. The predicted octanol–water partition coefficient (Wildman–Crippen LogP) is 3.48. The first-order valence-corrected chi connectivity index (χ1v) is 6.88. The second-order valence-electron chi connectivity index (χ2n) is 4.47. The van der Waals surface area contributed by atoms with Crippen LogP contribution in [0.15, 0.2) is 41.3 Å². The molecule has 0 amide bonds. The molecule has 0 aliphatic heterocycles. The lowest BCUT2D eigenvalue weighted by molar-refractivity contribution is 0.625. The van der Waals surface area contributed by atoms with E-state index in [1.165, 1.54) is 12.1 Å². The molecule has 3 rings (SSSR count). The van der Waals surface area contributed by atoms with Crippen LogP contribution in [0.5, 0.6) is 0 Å². The van der Waals surface area contributed by atoms with Crippen LogP contribution in [0.4, 0.5) is 10.2 Å². The van der Waals surface area contributed by atoms with Crippen LogP contribution >= 0.6 is 15.9 Å². The molecule has 2 aromatic heterocycles. The van der Waals surface area contributed by atoms with Crippen molar-refractivity contribution in [3.8, 4) is 0 Å². The van der Waals surface area contributed by atoms with E-state index in [0.717, 1.165) is 21.1 Å². The topological polar surface area (TPSA) is 42.7 Å². The first-order chi connectivity index (χ1) is 9.65. The number of halogens is 2. The van der Waals surface area contributed by atoms with E-state index in [1.807, 2.05) is 17.7 Å². The van der Waals surface area contributed by atoms with Crippen molar-refractivity contribution in [2.45, 2.75) is 6.54 Å². The van der Waals surface area contributed by atoms with Crippen molar-refractivity contribution in [3.05, 3.63) is 52.6 Å². The molecule has 0 unspecified atom stereocenters. The van der Waals surface area contributed by atoms with Crippen molar-refractivity contribution < 1.29 is 4.39 Å². The van der Waals surface area contributed by atoms with Gasteiger partial charge in [-0.15, -0.1) is 0 Å². The number of imidazole rings is 1. The highest BCUT2D eigenvalue weighted by Crippen LogP contribution is 2.22. The molecule has 0 bridgehead atoms. The van der Waals surface area contributed by atoms with Crippen LogP contribution in [0, 0.1) is 5.82 Å². The molecule has 0 atom stereocenters. The van der Waals surface area contributed by atoms with E-state index in [-0.39, 0.29) is 5.82 Å². The highest BCUT2D eigenvalue weighted by Gasteiger charge is 2.08. The maximum Gasteiger partial charge on any atom is 0.154 e. The SMILES string of the molecule is Cn1cnc2c(NCc3cc(F)ccc3Br)nccc21. The Morgan fingerprint density at radius 3 is 3.00 bits per heavy atom. The van der Waals surface area contributed by atoms with Crippen LogP contribution in [0.3, 0.4) is 0 Å². The van der Waals surface area contributed by atoms with Gasteiger partial charge < -0.3 is 9.88 Å². The maximum absolute atomic E-state index is 13.2. The van der Waals surface area contributed by atoms with E-state index in [0.29, 0.717) is 12.4 Å². The minimum Gasteiger partial charge on any atom is -0.364 e. The molecule has 0 aliphatic carbocycles. The minimum atomic E-state index is -0.256. The second-order valence-corrected chi connectivity index (χ2v) is 5.33. The van der Waals surface area contributed by atoms with Gasteiger partial charge in [0.25, 0.3) is 0 Å². The Labute approximate surface area is 123 Å². The molecule has 0 saturated carbocycles. The Morgan fingerprint density at radius 1 is 1.30 bits per heavy atom. The van der Waals surface area contributed by atoms with E-state index in [9.17, 15) is 4.39 Å². The monoisotopic (exact) mass is 334 g/mol. The van der Waals surface area contributed by atoms with Gasteiger partial charge in [-0.2, -0.15) is 0 Å². The maximum atomic E-state index is 13.2. The van der Waals surface area contributed by atoms with Crippen molar-refractivity contribution in [1.29, 1.82) is 0 Å². The number of hydrogen-bond acceptors (Lipinski definition) is 3. The Morgan fingerprint density at radius 2 is 2.15 bits per heavy atom. The van der Waals surface area contributed by atoms with Crippen LogP contribution < -0.4 is 5.32 Å². The number of hydrogen-bond donors (Lipinski definition) is 1. The van der Waals surface area contributed by atoms with Gasteiger partial charge in [-0.05, 0) is 29.8 Å².